The van der Waals surface area contributed by atoms with Crippen LogP contribution in [-0.2, 0) is 9.53 Å². The summed E-state index contributed by atoms with van der Waals surface area (Å²) in [5.74, 6) is 0.00984. The lowest BCUT2D eigenvalue weighted by Crippen LogP contribution is -2.43. The van der Waals surface area contributed by atoms with Crippen LogP contribution in [0.25, 0.3) is 5.57 Å². The summed E-state index contributed by atoms with van der Waals surface area (Å²) in [6, 6.07) is 3.73. The Balaban J connectivity index is 2.05. The molecule has 1 fully saturated rings. The number of hydrogen-bond acceptors (Lipinski definition) is 5. The predicted octanol–water partition coefficient (Wildman–Crippen LogP) is 3.20. The molecule has 6 heteroatoms. The summed E-state index contributed by atoms with van der Waals surface area (Å²) in [5.41, 5.74) is 0.977. The van der Waals surface area contributed by atoms with Gasteiger partial charge >= 0.3 is 6.09 Å². The van der Waals surface area contributed by atoms with Crippen LogP contribution in [0.2, 0.25) is 0 Å². The molecule has 0 saturated carbocycles. The molecular formula is C20H29N3O3. The van der Waals surface area contributed by atoms with Gasteiger partial charge in [0.15, 0.2) is 5.78 Å². The van der Waals surface area contributed by atoms with Crippen molar-refractivity contribution in [1.29, 1.82) is 0 Å². The van der Waals surface area contributed by atoms with Crippen LogP contribution in [0, 0.1) is 5.92 Å². The molecule has 0 atom stereocenters. The fraction of sp³-hybridized carbons (Fsp3) is 0.550. The van der Waals surface area contributed by atoms with Gasteiger partial charge in [0.2, 0.25) is 0 Å². The summed E-state index contributed by atoms with van der Waals surface area (Å²) in [6.45, 7) is 6.63. The first kappa shape index (κ1) is 19.9. The number of likely N-dealkylation sites (tertiary alicyclic amines) is 1. The molecule has 0 bridgehead atoms. The monoisotopic (exact) mass is 359 g/mol. The van der Waals surface area contributed by atoms with E-state index in [4.69, 9.17) is 4.74 Å². The van der Waals surface area contributed by atoms with Crippen LogP contribution in [0.3, 0.4) is 0 Å². The number of carbonyl (C=O) groups is 2. The minimum absolute atomic E-state index is 0.0971. The Hall–Kier alpha value is -2.37. The van der Waals surface area contributed by atoms with Crippen molar-refractivity contribution in [2.45, 2.75) is 39.2 Å². The fourth-order valence-electron chi connectivity index (χ4n) is 2.93. The molecule has 0 spiro atoms. The van der Waals surface area contributed by atoms with Crippen molar-refractivity contribution in [3.05, 3.63) is 36.3 Å². The molecule has 1 aromatic heterocycles. The van der Waals surface area contributed by atoms with Crippen molar-refractivity contribution in [2.75, 3.05) is 27.2 Å². The number of nitrogens with zero attached hydrogens (tertiary/aromatic N) is 3. The number of pyridine rings is 1. The van der Waals surface area contributed by atoms with Crippen molar-refractivity contribution in [3.63, 3.8) is 0 Å². The molecule has 1 aliphatic heterocycles. The van der Waals surface area contributed by atoms with Crippen LogP contribution in [0.5, 0.6) is 0 Å². The minimum atomic E-state index is -0.508. The second-order valence-corrected chi connectivity index (χ2v) is 7.85. The van der Waals surface area contributed by atoms with Crippen LogP contribution in [0.1, 0.15) is 39.2 Å². The van der Waals surface area contributed by atoms with Crippen LogP contribution in [0.15, 0.2) is 30.7 Å². The Morgan fingerprint density at radius 2 is 1.92 bits per heavy atom. The van der Waals surface area contributed by atoms with Crippen molar-refractivity contribution in [3.8, 4) is 0 Å². The zero-order valence-electron chi connectivity index (χ0n) is 16.4. The molecule has 0 aromatic carbocycles. The van der Waals surface area contributed by atoms with E-state index in [1.54, 1.807) is 17.3 Å². The van der Waals surface area contributed by atoms with Crippen molar-refractivity contribution in [1.82, 2.24) is 14.8 Å². The first-order valence-electron chi connectivity index (χ1n) is 8.98. The second-order valence-electron chi connectivity index (χ2n) is 7.85. The van der Waals surface area contributed by atoms with E-state index in [0.717, 1.165) is 5.56 Å². The zero-order chi connectivity index (χ0) is 19.3. The molecule has 2 heterocycles. The first-order chi connectivity index (χ1) is 12.2. The maximum absolute atomic E-state index is 13.1. The average molecular weight is 359 g/mol. The lowest BCUT2D eigenvalue weighted by atomic mass is 9.87. The second kappa shape index (κ2) is 8.34. The largest absolute Gasteiger partial charge is 0.444 e. The molecule has 1 saturated heterocycles. The molecule has 0 unspecified atom stereocenters. The average Bonchev–Trinajstić information content (AvgIpc) is 2.58. The maximum Gasteiger partial charge on any atom is 0.410 e. The quantitative estimate of drug-likeness (QED) is 0.773. The number of piperidine rings is 1. The van der Waals surface area contributed by atoms with Gasteiger partial charge < -0.3 is 14.5 Å². The number of Topliss-reactive ketones (excluding diaryl/α,β-unsaturated/α-hetero) is 1. The highest BCUT2D eigenvalue weighted by atomic mass is 16.6. The van der Waals surface area contributed by atoms with Gasteiger partial charge in [-0.1, -0.05) is 6.07 Å². The molecule has 142 valence electrons. The summed E-state index contributed by atoms with van der Waals surface area (Å²) in [7, 11) is 3.80. The van der Waals surface area contributed by atoms with Crippen molar-refractivity contribution < 1.29 is 14.3 Å². The number of ketones is 1. The SMILES string of the molecule is CN(C)C=C(C(=O)C1CCN(C(=O)OC(C)(C)C)CC1)c1cccnc1. The number of allylic oxidation sites excluding steroid dienone is 1. The van der Waals surface area contributed by atoms with Gasteiger partial charge in [-0.05, 0) is 39.7 Å². The molecule has 1 aromatic rings. The lowest BCUT2D eigenvalue weighted by Gasteiger charge is -2.33. The Morgan fingerprint density at radius 3 is 2.42 bits per heavy atom. The number of carbonyl (C=O) groups excluding carboxylic acids is 2. The van der Waals surface area contributed by atoms with Gasteiger partial charge in [-0.2, -0.15) is 0 Å². The van der Waals surface area contributed by atoms with E-state index < -0.39 is 5.60 Å². The predicted molar refractivity (Wildman–Crippen MR) is 101 cm³/mol. The maximum atomic E-state index is 13.1. The van der Waals surface area contributed by atoms with E-state index in [0.29, 0.717) is 31.5 Å². The van der Waals surface area contributed by atoms with Gasteiger partial charge in [0.25, 0.3) is 0 Å². The molecule has 0 aliphatic carbocycles. The van der Waals surface area contributed by atoms with E-state index in [1.165, 1.54) is 0 Å². The highest BCUT2D eigenvalue weighted by Gasteiger charge is 2.31. The number of rotatable bonds is 4. The van der Waals surface area contributed by atoms with Gasteiger partial charge in [-0.3, -0.25) is 9.78 Å². The van der Waals surface area contributed by atoms with E-state index in [9.17, 15) is 9.59 Å². The summed E-state index contributed by atoms with van der Waals surface area (Å²) >= 11 is 0. The first-order valence-corrected chi connectivity index (χ1v) is 8.98. The fourth-order valence-corrected chi connectivity index (χ4v) is 2.93. The molecule has 0 N–H and O–H groups in total. The standard InChI is InChI=1S/C20H29N3O3/c1-20(2,3)26-19(25)23-11-8-15(9-12-23)18(24)17(14-22(4)5)16-7-6-10-21-13-16/h6-7,10,13-15H,8-9,11-12H2,1-5H3. The summed E-state index contributed by atoms with van der Waals surface area (Å²) in [5, 5.41) is 0. The van der Waals surface area contributed by atoms with E-state index in [2.05, 4.69) is 4.98 Å². The van der Waals surface area contributed by atoms with Gasteiger partial charge in [-0.25, -0.2) is 4.79 Å². The lowest BCUT2D eigenvalue weighted by molar-refractivity contribution is -0.118. The molecule has 2 rings (SSSR count). The number of amides is 1. The third kappa shape index (κ3) is 5.58. The summed E-state index contributed by atoms with van der Waals surface area (Å²) in [6.07, 6.45) is 6.23. The molecular weight excluding hydrogens is 330 g/mol. The van der Waals surface area contributed by atoms with E-state index in [1.807, 2.05) is 58.1 Å². The van der Waals surface area contributed by atoms with Crippen LogP contribution >= 0.6 is 0 Å². The third-order valence-electron chi connectivity index (χ3n) is 4.14. The van der Waals surface area contributed by atoms with Gasteiger partial charge in [-0.15, -0.1) is 0 Å². The molecule has 0 radical (unpaired) electrons. The Kier molecular flexibility index (Phi) is 6.40. The highest BCUT2D eigenvalue weighted by Crippen LogP contribution is 2.27. The normalized spacial score (nSPS) is 16.3. The summed E-state index contributed by atoms with van der Waals surface area (Å²) in [4.78, 5) is 33.0. The molecule has 6 nitrogen and oxygen atoms in total. The Morgan fingerprint density at radius 1 is 1.27 bits per heavy atom. The number of ether oxygens (including phenoxy) is 1. The van der Waals surface area contributed by atoms with E-state index >= 15 is 0 Å². The van der Waals surface area contributed by atoms with E-state index in [-0.39, 0.29) is 17.8 Å². The minimum Gasteiger partial charge on any atom is -0.444 e. The third-order valence-corrected chi connectivity index (χ3v) is 4.14. The van der Waals surface area contributed by atoms with Crippen LogP contribution in [-0.4, -0.2) is 59.4 Å². The smallest absolute Gasteiger partial charge is 0.410 e. The number of hydrogen-bond donors (Lipinski definition) is 0. The number of aromatic nitrogens is 1. The van der Waals surface area contributed by atoms with Gasteiger partial charge in [0.1, 0.15) is 5.60 Å². The van der Waals surface area contributed by atoms with Crippen LogP contribution in [0.4, 0.5) is 4.79 Å². The van der Waals surface area contributed by atoms with Crippen molar-refractivity contribution >= 4 is 17.4 Å². The molecule has 1 aliphatic rings. The summed E-state index contributed by atoms with van der Waals surface area (Å²) < 4.78 is 5.42. The van der Waals surface area contributed by atoms with Gasteiger partial charge in [0.05, 0.1) is 0 Å². The van der Waals surface area contributed by atoms with Crippen LogP contribution < -0.4 is 0 Å². The van der Waals surface area contributed by atoms with Gasteiger partial charge in [0, 0.05) is 62.8 Å². The Labute approximate surface area is 155 Å². The topological polar surface area (TPSA) is 62.7 Å². The highest BCUT2D eigenvalue weighted by molar-refractivity contribution is 6.21. The zero-order valence-corrected chi connectivity index (χ0v) is 16.4. The Bertz CT molecular complexity index is 655. The van der Waals surface area contributed by atoms with Crippen molar-refractivity contribution in [2.24, 2.45) is 5.92 Å². The molecule has 1 amide bonds. The molecule has 26 heavy (non-hydrogen) atoms.